The van der Waals surface area contributed by atoms with Crippen LogP contribution in [0, 0.1) is 0 Å². The summed E-state index contributed by atoms with van der Waals surface area (Å²) < 4.78 is 20.7. The third kappa shape index (κ3) is 6.42. The largest absolute Gasteiger partial charge is 0.497 e. The molecule has 1 aromatic rings. The Morgan fingerprint density at radius 1 is 0.895 bits per heavy atom. The zero-order valence-electron chi connectivity index (χ0n) is 11.9. The van der Waals surface area contributed by atoms with E-state index in [1.165, 1.54) is 0 Å². The second kappa shape index (κ2) is 9.61. The molecule has 1 aromatic carbocycles. The van der Waals surface area contributed by atoms with Crippen molar-refractivity contribution in [3.05, 3.63) is 23.8 Å². The average molecular weight is 269 g/mol. The number of benzene rings is 1. The maximum Gasteiger partial charge on any atom is 0.122 e. The Labute approximate surface area is 114 Å². The maximum atomic E-state index is 5.36. The smallest absolute Gasteiger partial charge is 0.122 e. The van der Waals surface area contributed by atoms with Crippen molar-refractivity contribution in [2.24, 2.45) is 0 Å². The molecule has 0 unspecified atom stereocenters. The van der Waals surface area contributed by atoms with Crippen LogP contribution in [-0.4, -0.2) is 47.7 Å². The molecular formula is C14H23NO4. The van der Waals surface area contributed by atoms with E-state index in [9.17, 15) is 0 Å². The lowest BCUT2D eigenvalue weighted by atomic mass is 10.2. The molecule has 0 heterocycles. The Morgan fingerprint density at radius 2 is 1.58 bits per heavy atom. The first kappa shape index (κ1) is 15.8. The van der Waals surface area contributed by atoms with Crippen molar-refractivity contribution in [1.82, 2.24) is 5.32 Å². The molecule has 0 spiro atoms. The highest BCUT2D eigenvalue weighted by atomic mass is 16.5. The predicted octanol–water partition coefficient (Wildman–Crippen LogP) is 1.46. The van der Waals surface area contributed by atoms with Crippen LogP contribution in [0.25, 0.3) is 0 Å². The number of ether oxygens (including phenoxy) is 4. The van der Waals surface area contributed by atoms with E-state index in [0.717, 1.165) is 30.2 Å². The molecule has 1 rings (SSSR count). The molecule has 0 saturated carbocycles. The molecule has 5 nitrogen and oxygen atoms in total. The van der Waals surface area contributed by atoms with E-state index in [1.54, 1.807) is 21.3 Å². The van der Waals surface area contributed by atoms with Gasteiger partial charge in [-0.1, -0.05) is 0 Å². The fourth-order valence-corrected chi connectivity index (χ4v) is 1.59. The minimum Gasteiger partial charge on any atom is -0.497 e. The van der Waals surface area contributed by atoms with E-state index < -0.39 is 0 Å². The van der Waals surface area contributed by atoms with Gasteiger partial charge in [0.2, 0.25) is 0 Å². The van der Waals surface area contributed by atoms with Crippen molar-refractivity contribution in [2.45, 2.75) is 6.54 Å². The summed E-state index contributed by atoms with van der Waals surface area (Å²) in [5.74, 6) is 1.60. The zero-order chi connectivity index (χ0) is 13.9. The van der Waals surface area contributed by atoms with E-state index >= 15 is 0 Å². The number of hydrogen-bond acceptors (Lipinski definition) is 5. The summed E-state index contributed by atoms with van der Waals surface area (Å²) in [6, 6.07) is 5.83. The summed E-state index contributed by atoms with van der Waals surface area (Å²) in [4.78, 5) is 0. The Morgan fingerprint density at radius 3 is 2.16 bits per heavy atom. The topological polar surface area (TPSA) is 49.0 Å². The highest BCUT2D eigenvalue weighted by molar-refractivity contribution is 5.38. The molecule has 0 amide bonds. The van der Waals surface area contributed by atoms with Gasteiger partial charge in [0, 0.05) is 26.3 Å². The first-order valence-electron chi connectivity index (χ1n) is 6.29. The van der Waals surface area contributed by atoms with Crippen molar-refractivity contribution in [1.29, 1.82) is 0 Å². The molecule has 5 heteroatoms. The molecule has 0 aliphatic carbocycles. The van der Waals surface area contributed by atoms with Crippen LogP contribution >= 0.6 is 0 Å². The molecule has 19 heavy (non-hydrogen) atoms. The van der Waals surface area contributed by atoms with Crippen LogP contribution in [0.2, 0.25) is 0 Å². The van der Waals surface area contributed by atoms with E-state index in [4.69, 9.17) is 18.9 Å². The van der Waals surface area contributed by atoms with Crippen molar-refractivity contribution in [3.63, 3.8) is 0 Å². The van der Waals surface area contributed by atoms with Gasteiger partial charge >= 0.3 is 0 Å². The summed E-state index contributed by atoms with van der Waals surface area (Å²) in [6.07, 6.45) is 0. The molecule has 108 valence electrons. The van der Waals surface area contributed by atoms with Gasteiger partial charge in [0.05, 0.1) is 34.0 Å². The highest BCUT2D eigenvalue weighted by Crippen LogP contribution is 2.22. The zero-order valence-corrected chi connectivity index (χ0v) is 11.9. The summed E-state index contributed by atoms with van der Waals surface area (Å²) in [6.45, 7) is 3.48. The van der Waals surface area contributed by atoms with Gasteiger partial charge in [0.25, 0.3) is 0 Å². The molecular weight excluding hydrogens is 246 g/mol. The lowest BCUT2D eigenvalue weighted by Gasteiger charge is -2.09. The van der Waals surface area contributed by atoms with E-state index in [1.807, 2.05) is 18.2 Å². The summed E-state index contributed by atoms with van der Waals surface area (Å²) in [7, 11) is 4.96. The predicted molar refractivity (Wildman–Crippen MR) is 73.9 cm³/mol. The minimum atomic E-state index is 0.630. The number of methoxy groups -OCH3 is 3. The van der Waals surface area contributed by atoms with E-state index in [0.29, 0.717) is 19.8 Å². The maximum absolute atomic E-state index is 5.36. The average Bonchev–Trinajstić information content (AvgIpc) is 2.45. The second-order valence-electron chi connectivity index (χ2n) is 4.00. The van der Waals surface area contributed by atoms with Gasteiger partial charge in [-0.25, -0.2) is 0 Å². The van der Waals surface area contributed by atoms with Gasteiger partial charge in [0.1, 0.15) is 11.5 Å². The standard InChI is InChI=1S/C14H23NO4/c1-16-6-7-19-5-4-15-11-12-8-13(17-2)10-14(9-12)18-3/h8-10,15H,4-7,11H2,1-3H3. The van der Waals surface area contributed by atoms with Gasteiger partial charge in [-0.3, -0.25) is 0 Å². The number of rotatable bonds is 10. The van der Waals surface area contributed by atoms with Gasteiger partial charge in [-0.05, 0) is 17.7 Å². The molecule has 0 bridgehead atoms. The fourth-order valence-electron chi connectivity index (χ4n) is 1.59. The van der Waals surface area contributed by atoms with Crippen LogP contribution in [0.4, 0.5) is 0 Å². The van der Waals surface area contributed by atoms with Gasteiger partial charge in [0.15, 0.2) is 0 Å². The molecule has 0 aromatic heterocycles. The highest BCUT2D eigenvalue weighted by Gasteiger charge is 2.01. The molecule has 0 aliphatic heterocycles. The lowest BCUT2D eigenvalue weighted by Crippen LogP contribution is -2.20. The van der Waals surface area contributed by atoms with Crippen LogP contribution in [0.3, 0.4) is 0 Å². The molecule has 0 radical (unpaired) electrons. The van der Waals surface area contributed by atoms with Gasteiger partial charge in [-0.2, -0.15) is 0 Å². The van der Waals surface area contributed by atoms with Crippen molar-refractivity contribution in [2.75, 3.05) is 47.7 Å². The molecule has 0 aliphatic rings. The van der Waals surface area contributed by atoms with Crippen LogP contribution in [0.5, 0.6) is 11.5 Å². The van der Waals surface area contributed by atoms with Crippen LogP contribution in [0.1, 0.15) is 5.56 Å². The SMILES string of the molecule is COCCOCCNCc1cc(OC)cc(OC)c1. The Kier molecular flexibility index (Phi) is 7.97. The van der Waals surface area contributed by atoms with Crippen LogP contribution in [0.15, 0.2) is 18.2 Å². The normalized spacial score (nSPS) is 10.5. The quantitative estimate of drug-likeness (QED) is 0.652. The number of hydrogen-bond donors (Lipinski definition) is 1. The third-order valence-corrected chi connectivity index (χ3v) is 2.60. The summed E-state index contributed by atoms with van der Waals surface area (Å²) >= 11 is 0. The minimum absolute atomic E-state index is 0.630. The summed E-state index contributed by atoms with van der Waals surface area (Å²) in [5, 5.41) is 3.30. The number of nitrogens with one attached hydrogen (secondary N) is 1. The van der Waals surface area contributed by atoms with Crippen LogP contribution < -0.4 is 14.8 Å². The molecule has 1 N–H and O–H groups in total. The molecule has 0 fully saturated rings. The van der Waals surface area contributed by atoms with Crippen LogP contribution in [-0.2, 0) is 16.0 Å². The Bertz CT molecular complexity index is 335. The van der Waals surface area contributed by atoms with E-state index in [-0.39, 0.29) is 0 Å². The van der Waals surface area contributed by atoms with Crippen molar-refractivity contribution in [3.8, 4) is 11.5 Å². The first-order valence-corrected chi connectivity index (χ1v) is 6.29. The van der Waals surface area contributed by atoms with Gasteiger partial charge in [-0.15, -0.1) is 0 Å². The van der Waals surface area contributed by atoms with Gasteiger partial charge < -0.3 is 24.3 Å². The third-order valence-electron chi connectivity index (χ3n) is 2.60. The van der Waals surface area contributed by atoms with E-state index in [2.05, 4.69) is 5.32 Å². The second-order valence-corrected chi connectivity index (χ2v) is 4.00. The monoisotopic (exact) mass is 269 g/mol. The van der Waals surface area contributed by atoms with Crippen molar-refractivity contribution >= 4 is 0 Å². The lowest BCUT2D eigenvalue weighted by molar-refractivity contribution is 0.0719. The van der Waals surface area contributed by atoms with Crippen molar-refractivity contribution < 1.29 is 18.9 Å². The molecule has 0 atom stereocenters. The molecule has 0 saturated heterocycles. The first-order chi connectivity index (χ1) is 9.30. The Balaban J connectivity index is 2.28. The fraction of sp³-hybridized carbons (Fsp3) is 0.571. The Hall–Kier alpha value is -1.30. The summed E-state index contributed by atoms with van der Waals surface area (Å²) in [5.41, 5.74) is 1.12.